The number of aryl methyl sites for hydroxylation is 1. The first-order chi connectivity index (χ1) is 9.10. The molecule has 0 saturated heterocycles. The Bertz CT molecular complexity index is 600. The van der Waals surface area contributed by atoms with E-state index in [0.717, 1.165) is 5.69 Å². The van der Waals surface area contributed by atoms with Crippen LogP contribution in [0.15, 0.2) is 24.4 Å². The van der Waals surface area contributed by atoms with Crippen molar-refractivity contribution < 1.29 is 4.92 Å². The highest BCUT2D eigenvalue weighted by Gasteiger charge is 2.15. The Kier molecular flexibility index (Phi) is 4.34. The van der Waals surface area contributed by atoms with E-state index in [1.165, 1.54) is 16.8 Å². The van der Waals surface area contributed by atoms with Crippen molar-refractivity contribution in [1.29, 1.82) is 0 Å². The summed E-state index contributed by atoms with van der Waals surface area (Å²) >= 11 is 11.5. The molecule has 1 aromatic heterocycles. The molecule has 0 unspecified atom stereocenters. The predicted octanol–water partition coefficient (Wildman–Crippen LogP) is 2.67. The van der Waals surface area contributed by atoms with E-state index in [0.29, 0.717) is 22.9 Å². The van der Waals surface area contributed by atoms with Crippen molar-refractivity contribution in [2.45, 2.75) is 13.0 Å². The summed E-state index contributed by atoms with van der Waals surface area (Å²) in [6.07, 6.45) is 2.33. The molecule has 0 bridgehead atoms. The second kappa shape index (κ2) is 5.99. The van der Waals surface area contributed by atoms with Crippen LogP contribution in [-0.4, -0.2) is 25.8 Å². The number of nitro benzene ring substituents is 1. The fourth-order valence-electron chi connectivity index (χ4n) is 1.66. The van der Waals surface area contributed by atoms with E-state index in [9.17, 15) is 10.1 Å². The fourth-order valence-corrected chi connectivity index (χ4v) is 2.05. The molecule has 2 aromatic rings. The van der Waals surface area contributed by atoms with Crippen LogP contribution in [0.2, 0.25) is 5.02 Å². The highest BCUT2D eigenvalue weighted by Crippen LogP contribution is 2.23. The van der Waals surface area contributed by atoms with Gasteiger partial charge < -0.3 is 0 Å². The number of hydrogen-bond acceptors (Lipinski definition) is 4. The summed E-state index contributed by atoms with van der Waals surface area (Å²) in [5, 5.41) is 19.2. The third-order valence-electron chi connectivity index (χ3n) is 2.51. The van der Waals surface area contributed by atoms with E-state index >= 15 is 0 Å². The zero-order valence-corrected chi connectivity index (χ0v) is 11.3. The molecule has 19 heavy (non-hydrogen) atoms. The third kappa shape index (κ3) is 3.42. The second-order valence-corrected chi connectivity index (χ2v) is 4.69. The van der Waals surface area contributed by atoms with Crippen LogP contribution in [-0.2, 0) is 13.0 Å². The van der Waals surface area contributed by atoms with Crippen molar-refractivity contribution in [2.24, 2.45) is 0 Å². The molecule has 8 heteroatoms. The molecule has 1 heterocycles. The van der Waals surface area contributed by atoms with Gasteiger partial charge in [-0.1, -0.05) is 16.8 Å². The molecular formula is C11H10Cl2N4O2. The fraction of sp³-hybridized carbons (Fsp3) is 0.273. The molecule has 6 nitrogen and oxygen atoms in total. The minimum atomic E-state index is -0.442. The Morgan fingerprint density at radius 1 is 1.42 bits per heavy atom. The zero-order chi connectivity index (χ0) is 13.8. The van der Waals surface area contributed by atoms with E-state index in [-0.39, 0.29) is 12.2 Å². The Morgan fingerprint density at radius 3 is 2.89 bits per heavy atom. The van der Waals surface area contributed by atoms with Crippen molar-refractivity contribution in [3.63, 3.8) is 0 Å². The lowest BCUT2D eigenvalue weighted by Crippen LogP contribution is -2.04. The van der Waals surface area contributed by atoms with Gasteiger partial charge in [-0.25, -0.2) is 4.68 Å². The van der Waals surface area contributed by atoms with Gasteiger partial charge in [0.1, 0.15) is 0 Å². The van der Waals surface area contributed by atoms with Gasteiger partial charge in [-0.3, -0.25) is 10.1 Å². The molecule has 0 amide bonds. The van der Waals surface area contributed by atoms with Gasteiger partial charge in [0.05, 0.1) is 22.7 Å². The van der Waals surface area contributed by atoms with Crippen molar-refractivity contribution in [2.75, 3.05) is 5.88 Å². The average Bonchev–Trinajstić information content (AvgIpc) is 2.77. The largest absolute Gasteiger partial charge is 0.274 e. The zero-order valence-electron chi connectivity index (χ0n) is 9.79. The molecule has 0 aliphatic rings. The number of hydrogen-bond donors (Lipinski definition) is 0. The first-order valence-corrected chi connectivity index (χ1v) is 6.39. The van der Waals surface area contributed by atoms with Gasteiger partial charge in [-0.15, -0.1) is 16.7 Å². The van der Waals surface area contributed by atoms with Crippen molar-refractivity contribution >= 4 is 28.9 Å². The molecule has 0 aliphatic heterocycles. The standard InChI is InChI=1S/C11H10Cl2N4O2/c12-4-3-10-7-16(15-14-10)6-8-5-9(13)1-2-11(8)17(18)19/h1-2,5,7H,3-4,6H2. The van der Waals surface area contributed by atoms with Crippen LogP contribution in [0.1, 0.15) is 11.3 Å². The minimum absolute atomic E-state index is 0.0128. The summed E-state index contributed by atoms with van der Waals surface area (Å²) in [6.45, 7) is 0.242. The van der Waals surface area contributed by atoms with Gasteiger partial charge in [0.2, 0.25) is 0 Å². The molecule has 0 N–H and O–H groups in total. The summed E-state index contributed by atoms with van der Waals surface area (Å²) in [6, 6.07) is 4.43. The normalized spacial score (nSPS) is 10.6. The summed E-state index contributed by atoms with van der Waals surface area (Å²) in [4.78, 5) is 10.5. The van der Waals surface area contributed by atoms with Crippen LogP contribution in [0.5, 0.6) is 0 Å². The van der Waals surface area contributed by atoms with Crippen LogP contribution in [0, 0.1) is 10.1 Å². The van der Waals surface area contributed by atoms with Crippen LogP contribution in [0.4, 0.5) is 5.69 Å². The van der Waals surface area contributed by atoms with Crippen molar-refractivity contribution in [3.8, 4) is 0 Å². The highest BCUT2D eigenvalue weighted by atomic mass is 35.5. The molecule has 1 aromatic carbocycles. The molecule has 100 valence electrons. The van der Waals surface area contributed by atoms with Crippen molar-refractivity contribution in [1.82, 2.24) is 15.0 Å². The second-order valence-electron chi connectivity index (χ2n) is 3.88. The third-order valence-corrected chi connectivity index (χ3v) is 2.93. The van der Waals surface area contributed by atoms with E-state index in [1.807, 2.05) is 0 Å². The van der Waals surface area contributed by atoms with E-state index in [4.69, 9.17) is 23.2 Å². The monoisotopic (exact) mass is 300 g/mol. The Labute approximate surface area is 119 Å². The van der Waals surface area contributed by atoms with Crippen molar-refractivity contribution in [3.05, 3.63) is 50.8 Å². The van der Waals surface area contributed by atoms with Crippen LogP contribution < -0.4 is 0 Å². The number of aromatic nitrogens is 3. The number of nitrogens with zero attached hydrogens (tertiary/aromatic N) is 4. The summed E-state index contributed by atoms with van der Waals surface area (Å²) in [7, 11) is 0. The molecule has 0 aliphatic carbocycles. The summed E-state index contributed by atoms with van der Waals surface area (Å²) in [5.74, 6) is 0.454. The SMILES string of the molecule is O=[N+]([O-])c1ccc(Cl)cc1Cn1cc(CCCl)nn1. The maximum absolute atomic E-state index is 10.9. The average molecular weight is 301 g/mol. The molecule has 0 saturated carbocycles. The number of alkyl halides is 1. The molecule has 0 radical (unpaired) electrons. The lowest BCUT2D eigenvalue weighted by atomic mass is 10.2. The van der Waals surface area contributed by atoms with Gasteiger partial charge in [0, 0.05) is 29.6 Å². The van der Waals surface area contributed by atoms with Crippen LogP contribution >= 0.6 is 23.2 Å². The van der Waals surface area contributed by atoms with Gasteiger partial charge in [0.25, 0.3) is 5.69 Å². The molecule has 0 spiro atoms. The number of benzene rings is 1. The van der Waals surface area contributed by atoms with Gasteiger partial charge in [-0.05, 0) is 12.1 Å². The Hall–Kier alpha value is -1.66. The Morgan fingerprint density at radius 2 is 2.21 bits per heavy atom. The molecular weight excluding hydrogens is 291 g/mol. The lowest BCUT2D eigenvalue weighted by molar-refractivity contribution is -0.385. The molecule has 0 fully saturated rings. The number of halogens is 2. The lowest BCUT2D eigenvalue weighted by Gasteiger charge is -2.03. The first kappa shape index (κ1) is 13.8. The van der Waals surface area contributed by atoms with E-state index in [1.54, 1.807) is 12.3 Å². The topological polar surface area (TPSA) is 73.8 Å². The highest BCUT2D eigenvalue weighted by molar-refractivity contribution is 6.30. The van der Waals surface area contributed by atoms with Crippen LogP contribution in [0.3, 0.4) is 0 Å². The van der Waals surface area contributed by atoms with E-state index in [2.05, 4.69) is 10.3 Å². The summed E-state index contributed by atoms with van der Waals surface area (Å²) < 4.78 is 1.53. The van der Waals surface area contributed by atoms with Gasteiger partial charge >= 0.3 is 0 Å². The Balaban J connectivity index is 2.26. The molecule has 2 rings (SSSR count). The smallest absolute Gasteiger partial charge is 0.258 e. The number of rotatable bonds is 5. The summed E-state index contributed by atoms with van der Waals surface area (Å²) in [5.41, 5.74) is 1.25. The maximum atomic E-state index is 10.9. The van der Waals surface area contributed by atoms with Crippen LogP contribution in [0.25, 0.3) is 0 Å². The van der Waals surface area contributed by atoms with Gasteiger partial charge in [-0.2, -0.15) is 0 Å². The minimum Gasteiger partial charge on any atom is -0.258 e. The maximum Gasteiger partial charge on any atom is 0.274 e. The molecule has 0 atom stereocenters. The predicted molar refractivity (Wildman–Crippen MR) is 71.7 cm³/mol. The first-order valence-electron chi connectivity index (χ1n) is 5.48. The van der Waals surface area contributed by atoms with E-state index < -0.39 is 4.92 Å². The quantitative estimate of drug-likeness (QED) is 0.483. The number of nitro groups is 1. The van der Waals surface area contributed by atoms with Gasteiger partial charge in [0.15, 0.2) is 0 Å².